The highest BCUT2D eigenvalue weighted by Gasteiger charge is 2.47. The van der Waals surface area contributed by atoms with Crippen molar-refractivity contribution in [3.05, 3.63) is 24.3 Å². The van der Waals surface area contributed by atoms with Gasteiger partial charge in [-0.3, -0.25) is 4.79 Å². The second kappa shape index (κ2) is 9.56. The van der Waals surface area contributed by atoms with Gasteiger partial charge in [-0.2, -0.15) is 0 Å². The lowest BCUT2D eigenvalue weighted by Crippen LogP contribution is -2.48. The lowest BCUT2D eigenvalue weighted by atomic mass is 9.93. The van der Waals surface area contributed by atoms with Crippen LogP contribution in [0.4, 0.5) is 5.69 Å². The van der Waals surface area contributed by atoms with Gasteiger partial charge in [-0.1, -0.05) is 26.2 Å². The lowest BCUT2D eigenvalue weighted by Gasteiger charge is -2.35. The first kappa shape index (κ1) is 21.4. The summed E-state index contributed by atoms with van der Waals surface area (Å²) in [6, 6.07) is 8.26. The van der Waals surface area contributed by atoms with E-state index in [-0.39, 0.29) is 17.8 Å². The average Bonchev–Trinajstić information content (AvgIpc) is 3.44. The largest absolute Gasteiger partial charge is 0.491 e. The summed E-state index contributed by atoms with van der Waals surface area (Å²) in [5.74, 6) is 1.17. The van der Waals surface area contributed by atoms with Crippen molar-refractivity contribution < 1.29 is 19.0 Å². The molecule has 1 aromatic rings. The molecule has 2 heterocycles. The van der Waals surface area contributed by atoms with Gasteiger partial charge in [0.2, 0.25) is 5.91 Å². The zero-order valence-corrected chi connectivity index (χ0v) is 18.5. The second-order valence-corrected chi connectivity index (χ2v) is 8.89. The fourth-order valence-electron chi connectivity index (χ4n) is 5.15. The Hall–Kier alpha value is -1.79. The zero-order chi connectivity index (χ0) is 21.0. The van der Waals surface area contributed by atoms with Crippen molar-refractivity contribution in [2.45, 2.75) is 64.3 Å². The van der Waals surface area contributed by atoms with E-state index in [2.05, 4.69) is 24.0 Å². The van der Waals surface area contributed by atoms with Gasteiger partial charge in [0.25, 0.3) is 0 Å². The quantitative estimate of drug-likeness (QED) is 0.676. The molecular weight excluding hydrogens is 380 g/mol. The normalized spacial score (nSPS) is 27.6. The fourth-order valence-corrected chi connectivity index (χ4v) is 5.15. The predicted octanol–water partition coefficient (Wildman–Crippen LogP) is 3.84. The summed E-state index contributed by atoms with van der Waals surface area (Å²) in [4.78, 5) is 15.7. The minimum atomic E-state index is -0.384. The molecule has 1 aromatic carbocycles. The number of ether oxygens (including phenoxy) is 3. The molecule has 6 heteroatoms. The van der Waals surface area contributed by atoms with Crippen molar-refractivity contribution in [1.82, 2.24) is 4.90 Å². The van der Waals surface area contributed by atoms with Gasteiger partial charge < -0.3 is 24.0 Å². The Morgan fingerprint density at radius 3 is 2.47 bits per heavy atom. The monoisotopic (exact) mass is 416 g/mol. The number of piperazine rings is 1. The standard InChI is InChI=1S/C24H36N2O4/c1-3-12-24(20-6-4-5-7-20)29-18-23(30-24)17-28-22-10-8-21(9-11-22)26-15-13-25(14-16-26)19(2)27/h8-11,20,23H,3-7,12-18H2,1-2H3. The number of benzene rings is 1. The van der Waals surface area contributed by atoms with E-state index in [4.69, 9.17) is 14.2 Å². The Labute approximate surface area is 180 Å². The van der Waals surface area contributed by atoms with Crippen LogP contribution in [0.15, 0.2) is 24.3 Å². The van der Waals surface area contributed by atoms with Gasteiger partial charge in [-0.15, -0.1) is 0 Å². The smallest absolute Gasteiger partial charge is 0.219 e. The highest BCUT2D eigenvalue weighted by Crippen LogP contribution is 2.43. The first-order chi connectivity index (χ1) is 14.6. The Balaban J connectivity index is 1.27. The van der Waals surface area contributed by atoms with E-state index in [0.29, 0.717) is 19.1 Å². The highest BCUT2D eigenvalue weighted by molar-refractivity contribution is 5.73. The van der Waals surface area contributed by atoms with Crippen LogP contribution < -0.4 is 9.64 Å². The van der Waals surface area contributed by atoms with E-state index >= 15 is 0 Å². The Bertz CT molecular complexity index is 696. The first-order valence-electron chi connectivity index (χ1n) is 11.6. The number of amides is 1. The molecule has 0 N–H and O–H groups in total. The molecule has 0 bridgehead atoms. The van der Waals surface area contributed by atoms with Crippen LogP contribution in [0.1, 0.15) is 52.4 Å². The molecule has 1 aliphatic carbocycles. The maximum absolute atomic E-state index is 11.5. The van der Waals surface area contributed by atoms with Crippen molar-refractivity contribution in [2.24, 2.45) is 5.92 Å². The van der Waals surface area contributed by atoms with E-state index in [1.165, 1.54) is 31.4 Å². The van der Waals surface area contributed by atoms with Crippen LogP contribution >= 0.6 is 0 Å². The average molecular weight is 417 g/mol. The molecule has 1 amide bonds. The molecule has 6 nitrogen and oxygen atoms in total. The molecule has 3 fully saturated rings. The Kier molecular flexibility index (Phi) is 6.84. The number of hydrogen-bond acceptors (Lipinski definition) is 5. The molecule has 0 aromatic heterocycles. The number of rotatable bonds is 7. The Morgan fingerprint density at radius 2 is 1.83 bits per heavy atom. The van der Waals surface area contributed by atoms with Crippen molar-refractivity contribution in [1.29, 1.82) is 0 Å². The molecule has 166 valence electrons. The van der Waals surface area contributed by atoms with Gasteiger partial charge in [-0.05, 0) is 37.1 Å². The third-order valence-corrected chi connectivity index (χ3v) is 6.82. The predicted molar refractivity (Wildman–Crippen MR) is 117 cm³/mol. The number of hydrogen-bond donors (Lipinski definition) is 0. The van der Waals surface area contributed by atoms with E-state index in [1.54, 1.807) is 6.92 Å². The number of carbonyl (C=O) groups is 1. The van der Waals surface area contributed by atoms with Crippen LogP contribution in [0.2, 0.25) is 0 Å². The Morgan fingerprint density at radius 1 is 1.13 bits per heavy atom. The molecule has 0 spiro atoms. The van der Waals surface area contributed by atoms with Gasteiger partial charge in [-0.25, -0.2) is 0 Å². The number of anilines is 1. The summed E-state index contributed by atoms with van der Waals surface area (Å²) in [5, 5.41) is 0. The van der Waals surface area contributed by atoms with Gasteiger partial charge in [0.15, 0.2) is 5.79 Å². The maximum Gasteiger partial charge on any atom is 0.219 e. The van der Waals surface area contributed by atoms with Crippen LogP contribution in [-0.4, -0.2) is 62.1 Å². The maximum atomic E-state index is 11.5. The molecule has 0 radical (unpaired) electrons. The van der Waals surface area contributed by atoms with Gasteiger partial charge in [0, 0.05) is 51.1 Å². The summed E-state index contributed by atoms with van der Waals surface area (Å²) in [6.45, 7) is 8.29. The van der Waals surface area contributed by atoms with Crippen LogP contribution in [0.25, 0.3) is 0 Å². The molecule has 1 saturated carbocycles. The van der Waals surface area contributed by atoms with E-state index < -0.39 is 0 Å². The third-order valence-electron chi connectivity index (χ3n) is 6.82. The summed E-state index contributed by atoms with van der Waals surface area (Å²) >= 11 is 0. The number of carbonyl (C=O) groups excluding carboxylic acids is 1. The SMILES string of the molecule is CCCC1(C2CCCC2)OCC(COc2ccc(N3CCN(C(C)=O)CC3)cc2)O1. The minimum absolute atomic E-state index is 0.00325. The van der Waals surface area contributed by atoms with Crippen molar-refractivity contribution in [3.63, 3.8) is 0 Å². The molecule has 2 unspecified atom stereocenters. The van der Waals surface area contributed by atoms with Gasteiger partial charge in [0.05, 0.1) is 6.61 Å². The molecule has 30 heavy (non-hydrogen) atoms. The van der Waals surface area contributed by atoms with Crippen LogP contribution in [-0.2, 0) is 14.3 Å². The topological polar surface area (TPSA) is 51.2 Å². The van der Waals surface area contributed by atoms with E-state index in [0.717, 1.165) is 44.8 Å². The third kappa shape index (κ3) is 4.75. The van der Waals surface area contributed by atoms with E-state index in [1.807, 2.05) is 17.0 Å². The fraction of sp³-hybridized carbons (Fsp3) is 0.708. The minimum Gasteiger partial charge on any atom is -0.491 e. The van der Waals surface area contributed by atoms with Crippen LogP contribution in [0.3, 0.4) is 0 Å². The number of nitrogens with zero attached hydrogens (tertiary/aromatic N) is 2. The van der Waals surface area contributed by atoms with Crippen molar-refractivity contribution in [2.75, 3.05) is 44.3 Å². The first-order valence-corrected chi connectivity index (χ1v) is 11.6. The van der Waals surface area contributed by atoms with E-state index in [9.17, 15) is 4.79 Å². The van der Waals surface area contributed by atoms with Crippen molar-refractivity contribution >= 4 is 11.6 Å². The summed E-state index contributed by atoms with van der Waals surface area (Å²) in [6.07, 6.45) is 7.06. The highest BCUT2D eigenvalue weighted by atomic mass is 16.8. The molecule has 4 rings (SSSR count). The molecule has 2 aliphatic heterocycles. The summed E-state index contributed by atoms with van der Waals surface area (Å²) in [5.41, 5.74) is 1.18. The van der Waals surface area contributed by atoms with Gasteiger partial charge >= 0.3 is 0 Å². The molecule has 3 aliphatic rings. The van der Waals surface area contributed by atoms with Crippen LogP contribution in [0.5, 0.6) is 5.75 Å². The second-order valence-electron chi connectivity index (χ2n) is 8.89. The van der Waals surface area contributed by atoms with Crippen LogP contribution in [0, 0.1) is 5.92 Å². The summed E-state index contributed by atoms with van der Waals surface area (Å²) < 4.78 is 18.7. The molecule has 2 atom stereocenters. The molecular formula is C24H36N2O4. The summed E-state index contributed by atoms with van der Waals surface area (Å²) in [7, 11) is 0. The lowest BCUT2D eigenvalue weighted by molar-refractivity contribution is -0.210. The van der Waals surface area contributed by atoms with Crippen molar-refractivity contribution in [3.8, 4) is 5.75 Å². The van der Waals surface area contributed by atoms with Gasteiger partial charge in [0.1, 0.15) is 18.5 Å². The zero-order valence-electron chi connectivity index (χ0n) is 18.5. The molecule has 2 saturated heterocycles.